The fourth-order valence-corrected chi connectivity index (χ4v) is 2.84. The molecular weight excluding hydrogens is 308 g/mol. The summed E-state index contributed by atoms with van der Waals surface area (Å²) in [7, 11) is 0. The van der Waals surface area contributed by atoms with Crippen LogP contribution in [0.25, 0.3) is 11.1 Å². The number of carbonyl (C=O) groups excluding carboxylic acids is 2. The zero-order valence-electron chi connectivity index (χ0n) is 12.7. The smallest absolute Gasteiger partial charge is 0.320 e. The second-order valence-electron chi connectivity index (χ2n) is 5.98. The third kappa shape index (κ3) is 2.50. The average Bonchev–Trinajstić information content (AvgIpc) is 3.16. The SMILES string of the molecule is N#CC(NC(=O)n1cc(-c2ccnc3c2CC(=O)N3)cn1)C1CC1. The Hall–Kier alpha value is -3.21. The summed E-state index contributed by atoms with van der Waals surface area (Å²) in [5, 5.41) is 18.6. The van der Waals surface area contributed by atoms with Crippen molar-refractivity contribution in [2.75, 3.05) is 5.32 Å². The first-order valence-corrected chi connectivity index (χ1v) is 7.69. The molecule has 8 nitrogen and oxygen atoms in total. The predicted molar refractivity (Wildman–Crippen MR) is 83.8 cm³/mol. The number of hydrogen-bond acceptors (Lipinski definition) is 5. The van der Waals surface area contributed by atoms with Crippen molar-refractivity contribution in [3.05, 3.63) is 30.2 Å². The quantitative estimate of drug-likeness (QED) is 0.884. The number of carbonyl (C=O) groups is 2. The number of hydrogen-bond donors (Lipinski definition) is 2. The van der Waals surface area contributed by atoms with E-state index in [1.165, 1.54) is 4.68 Å². The van der Waals surface area contributed by atoms with Gasteiger partial charge in [-0.05, 0) is 30.4 Å². The molecule has 2 aliphatic rings. The van der Waals surface area contributed by atoms with E-state index in [2.05, 4.69) is 26.8 Å². The lowest BCUT2D eigenvalue weighted by molar-refractivity contribution is -0.115. The lowest BCUT2D eigenvalue weighted by Gasteiger charge is -2.09. The summed E-state index contributed by atoms with van der Waals surface area (Å²) >= 11 is 0. The molecule has 24 heavy (non-hydrogen) atoms. The zero-order chi connectivity index (χ0) is 16.7. The van der Waals surface area contributed by atoms with Crippen molar-refractivity contribution in [2.45, 2.75) is 25.3 Å². The summed E-state index contributed by atoms with van der Waals surface area (Å²) in [5.74, 6) is 0.693. The number of rotatable bonds is 3. The molecule has 0 spiro atoms. The van der Waals surface area contributed by atoms with E-state index in [1.807, 2.05) is 0 Å². The van der Waals surface area contributed by atoms with Gasteiger partial charge in [0.1, 0.15) is 11.9 Å². The van der Waals surface area contributed by atoms with Gasteiger partial charge in [0.2, 0.25) is 5.91 Å². The van der Waals surface area contributed by atoms with E-state index in [1.54, 1.807) is 24.7 Å². The van der Waals surface area contributed by atoms with Crippen LogP contribution in [0.5, 0.6) is 0 Å². The Bertz CT molecular complexity index is 877. The number of pyridine rings is 1. The van der Waals surface area contributed by atoms with Crippen molar-refractivity contribution in [3.8, 4) is 17.2 Å². The minimum atomic E-state index is -0.475. The topological polar surface area (TPSA) is 113 Å². The Labute approximate surface area is 137 Å². The first kappa shape index (κ1) is 14.4. The van der Waals surface area contributed by atoms with E-state index in [0.29, 0.717) is 5.82 Å². The van der Waals surface area contributed by atoms with E-state index in [9.17, 15) is 9.59 Å². The molecule has 2 aromatic rings. The largest absolute Gasteiger partial charge is 0.343 e. The maximum absolute atomic E-state index is 12.2. The van der Waals surface area contributed by atoms with Crippen LogP contribution in [0.3, 0.4) is 0 Å². The highest BCUT2D eigenvalue weighted by Gasteiger charge is 2.32. The monoisotopic (exact) mass is 322 g/mol. The van der Waals surface area contributed by atoms with Gasteiger partial charge in [-0.1, -0.05) is 0 Å². The molecule has 4 rings (SSSR count). The Morgan fingerprint density at radius 1 is 1.50 bits per heavy atom. The fourth-order valence-electron chi connectivity index (χ4n) is 2.84. The van der Waals surface area contributed by atoms with E-state index in [4.69, 9.17) is 5.26 Å². The summed E-state index contributed by atoms with van der Waals surface area (Å²) in [4.78, 5) is 27.9. The van der Waals surface area contributed by atoms with Crippen molar-refractivity contribution in [1.82, 2.24) is 20.1 Å². The van der Waals surface area contributed by atoms with Gasteiger partial charge in [0, 0.05) is 23.5 Å². The molecule has 1 saturated carbocycles. The second-order valence-corrected chi connectivity index (χ2v) is 5.98. The van der Waals surface area contributed by atoms with Crippen LogP contribution < -0.4 is 10.6 Å². The lowest BCUT2D eigenvalue weighted by atomic mass is 10.0. The normalized spacial score (nSPS) is 16.9. The van der Waals surface area contributed by atoms with Gasteiger partial charge >= 0.3 is 6.03 Å². The molecule has 3 heterocycles. The van der Waals surface area contributed by atoms with Gasteiger partial charge in [0.15, 0.2) is 0 Å². The number of nitrogens with zero attached hydrogens (tertiary/aromatic N) is 4. The Morgan fingerprint density at radius 3 is 3.08 bits per heavy atom. The highest BCUT2D eigenvalue weighted by Crippen LogP contribution is 2.33. The Kier molecular flexibility index (Phi) is 3.27. The fraction of sp³-hybridized carbons (Fsp3) is 0.312. The first-order valence-electron chi connectivity index (χ1n) is 7.69. The maximum atomic E-state index is 12.2. The molecule has 1 fully saturated rings. The molecule has 1 aliphatic carbocycles. The van der Waals surface area contributed by atoms with Crippen molar-refractivity contribution >= 4 is 17.8 Å². The molecule has 2 aromatic heterocycles. The van der Waals surface area contributed by atoms with E-state index >= 15 is 0 Å². The van der Waals surface area contributed by atoms with Crippen LogP contribution in [-0.2, 0) is 11.2 Å². The molecule has 0 bridgehead atoms. The van der Waals surface area contributed by atoms with E-state index in [-0.39, 0.29) is 18.2 Å². The van der Waals surface area contributed by atoms with Crippen molar-refractivity contribution in [1.29, 1.82) is 5.26 Å². The predicted octanol–water partition coefficient (Wildman–Crippen LogP) is 1.30. The van der Waals surface area contributed by atoms with E-state index < -0.39 is 12.1 Å². The van der Waals surface area contributed by atoms with Crippen LogP contribution in [0.4, 0.5) is 10.6 Å². The molecule has 120 valence electrons. The Balaban J connectivity index is 1.58. The summed E-state index contributed by atoms with van der Waals surface area (Å²) in [5.41, 5.74) is 2.34. The molecule has 2 amide bonds. The summed E-state index contributed by atoms with van der Waals surface area (Å²) < 4.78 is 1.18. The molecule has 1 unspecified atom stereocenters. The molecule has 8 heteroatoms. The molecule has 0 radical (unpaired) electrons. The average molecular weight is 322 g/mol. The highest BCUT2D eigenvalue weighted by atomic mass is 16.2. The minimum Gasteiger partial charge on any atom is -0.320 e. The van der Waals surface area contributed by atoms with Crippen LogP contribution in [0.1, 0.15) is 18.4 Å². The zero-order valence-corrected chi connectivity index (χ0v) is 12.7. The number of amides is 2. The van der Waals surface area contributed by atoms with Gasteiger partial charge in [0.25, 0.3) is 0 Å². The van der Waals surface area contributed by atoms with Crippen LogP contribution in [0.15, 0.2) is 24.7 Å². The summed E-state index contributed by atoms with van der Waals surface area (Å²) in [6, 6.07) is 3.00. The minimum absolute atomic E-state index is 0.101. The summed E-state index contributed by atoms with van der Waals surface area (Å²) in [6.45, 7) is 0. The first-order chi connectivity index (χ1) is 11.7. The molecule has 0 saturated heterocycles. The number of anilines is 1. The maximum Gasteiger partial charge on any atom is 0.343 e. The molecular formula is C16H14N6O2. The highest BCUT2D eigenvalue weighted by molar-refractivity contribution is 6.00. The number of aromatic nitrogens is 3. The molecule has 0 aromatic carbocycles. The molecule has 1 aliphatic heterocycles. The van der Waals surface area contributed by atoms with Gasteiger partial charge < -0.3 is 10.6 Å². The Morgan fingerprint density at radius 2 is 2.33 bits per heavy atom. The van der Waals surface area contributed by atoms with E-state index in [0.717, 1.165) is 29.5 Å². The van der Waals surface area contributed by atoms with Gasteiger partial charge in [-0.15, -0.1) is 0 Å². The lowest BCUT2D eigenvalue weighted by Crippen LogP contribution is -2.38. The third-order valence-electron chi connectivity index (χ3n) is 4.26. The van der Waals surface area contributed by atoms with Gasteiger partial charge in [-0.2, -0.15) is 15.0 Å². The van der Waals surface area contributed by atoms with Crippen LogP contribution in [-0.4, -0.2) is 32.7 Å². The standard InChI is InChI=1S/C16H14N6O2/c17-6-13(9-1-2-9)20-16(24)22-8-10(7-19-22)11-3-4-18-15-12(11)5-14(23)21-15/h3-4,7-9,13H,1-2,5H2,(H,20,24)(H,18,21,23). The molecule has 1 atom stereocenters. The van der Waals surface area contributed by atoms with Gasteiger partial charge in [0.05, 0.1) is 18.7 Å². The molecule has 2 N–H and O–H groups in total. The van der Waals surface area contributed by atoms with Crippen LogP contribution in [0, 0.1) is 17.2 Å². The summed E-state index contributed by atoms with van der Waals surface area (Å²) in [6.07, 6.45) is 6.95. The number of nitriles is 1. The van der Waals surface area contributed by atoms with Gasteiger partial charge in [-0.3, -0.25) is 4.79 Å². The van der Waals surface area contributed by atoms with Crippen LogP contribution in [0.2, 0.25) is 0 Å². The second kappa shape index (κ2) is 5.45. The van der Waals surface area contributed by atoms with Crippen molar-refractivity contribution < 1.29 is 9.59 Å². The van der Waals surface area contributed by atoms with Crippen LogP contribution >= 0.6 is 0 Å². The van der Waals surface area contributed by atoms with Crippen molar-refractivity contribution in [2.24, 2.45) is 5.92 Å². The number of nitrogens with one attached hydrogen (secondary N) is 2. The third-order valence-corrected chi connectivity index (χ3v) is 4.26. The number of fused-ring (bicyclic) bond motifs is 1. The van der Waals surface area contributed by atoms with Gasteiger partial charge in [-0.25, -0.2) is 9.78 Å². The van der Waals surface area contributed by atoms with Crippen molar-refractivity contribution in [3.63, 3.8) is 0 Å².